The lowest BCUT2D eigenvalue weighted by atomic mass is 10.0. The predicted molar refractivity (Wildman–Crippen MR) is 116 cm³/mol. The van der Waals surface area contributed by atoms with Gasteiger partial charge in [0.1, 0.15) is 11.5 Å². The molecule has 0 fully saturated rings. The smallest absolute Gasteiger partial charge is 0.261 e. The van der Waals surface area contributed by atoms with Gasteiger partial charge in [-0.25, -0.2) is 0 Å². The highest BCUT2D eigenvalue weighted by Gasteiger charge is 2.27. The highest BCUT2D eigenvalue weighted by Crippen LogP contribution is 2.35. The minimum absolute atomic E-state index is 0.0347. The Kier molecular flexibility index (Phi) is 5.53. The minimum Gasteiger partial charge on any atom is -0.497 e. The van der Waals surface area contributed by atoms with E-state index in [4.69, 9.17) is 9.47 Å². The van der Waals surface area contributed by atoms with Crippen molar-refractivity contribution >= 4 is 28.1 Å². The van der Waals surface area contributed by atoms with Crippen molar-refractivity contribution in [3.8, 4) is 11.5 Å². The van der Waals surface area contributed by atoms with Crippen LogP contribution in [0.25, 0.3) is 10.9 Å². The highest BCUT2D eigenvalue weighted by molar-refractivity contribution is 7.10. The number of amides is 1. The summed E-state index contributed by atoms with van der Waals surface area (Å²) < 4.78 is 10.9. The zero-order chi connectivity index (χ0) is 20.2. The first-order chi connectivity index (χ1) is 14.2. The molecule has 0 saturated heterocycles. The van der Waals surface area contributed by atoms with Crippen LogP contribution in [0.2, 0.25) is 0 Å². The van der Waals surface area contributed by atoms with Crippen molar-refractivity contribution in [1.82, 2.24) is 9.88 Å². The van der Waals surface area contributed by atoms with Crippen LogP contribution in [-0.2, 0) is 4.79 Å². The molecule has 148 valence electrons. The van der Waals surface area contributed by atoms with Gasteiger partial charge in [-0.2, -0.15) is 0 Å². The van der Waals surface area contributed by atoms with Crippen LogP contribution < -0.4 is 9.47 Å². The number of carbonyl (C=O) groups is 1. The summed E-state index contributed by atoms with van der Waals surface area (Å²) in [5.41, 5.74) is 2.13. The van der Waals surface area contributed by atoms with E-state index in [0.717, 1.165) is 27.1 Å². The summed E-state index contributed by atoms with van der Waals surface area (Å²) in [6, 6.07) is 19.2. The van der Waals surface area contributed by atoms with Crippen LogP contribution in [0.3, 0.4) is 0 Å². The van der Waals surface area contributed by atoms with E-state index < -0.39 is 0 Å². The van der Waals surface area contributed by atoms with Gasteiger partial charge in [0, 0.05) is 34.6 Å². The number of likely N-dealkylation sites (N-methyl/N-ethyl adjacent to an activating group) is 1. The molecule has 0 unspecified atom stereocenters. The van der Waals surface area contributed by atoms with E-state index in [2.05, 4.69) is 17.1 Å². The number of methoxy groups -OCH3 is 1. The third-order valence-corrected chi connectivity index (χ3v) is 5.86. The van der Waals surface area contributed by atoms with Gasteiger partial charge < -0.3 is 19.4 Å². The Bertz CT molecular complexity index is 1090. The van der Waals surface area contributed by atoms with Crippen LogP contribution in [0.15, 0.2) is 72.2 Å². The van der Waals surface area contributed by atoms with Gasteiger partial charge in [-0.3, -0.25) is 4.79 Å². The third kappa shape index (κ3) is 3.98. The number of benzene rings is 2. The molecule has 2 heterocycles. The van der Waals surface area contributed by atoms with Crippen LogP contribution in [0.4, 0.5) is 0 Å². The summed E-state index contributed by atoms with van der Waals surface area (Å²) in [7, 11) is 3.44. The lowest BCUT2D eigenvalue weighted by Crippen LogP contribution is -2.35. The van der Waals surface area contributed by atoms with Crippen molar-refractivity contribution < 1.29 is 14.3 Å². The number of nitrogens with zero attached hydrogens (tertiary/aromatic N) is 1. The van der Waals surface area contributed by atoms with Crippen molar-refractivity contribution in [3.63, 3.8) is 0 Å². The first-order valence-corrected chi connectivity index (χ1v) is 10.2. The number of carbonyl (C=O) groups excluding carboxylic acids is 1. The molecule has 1 amide bonds. The Balaban J connectivity index is 1.56. The summed E-state index contributed by atoms with van der Waals surface area (Å²) in [5.74, 6) is 1.29. The molecule has 5 nitrogen and oxygen atoms in total. The van der Waals surface area contributed by atoms with Crippen molar-refractivity contribution in [2.75, 3.05) is 20.8 Å². The Labute approximate surface area is 173 Å². The van der Waals surface area contributed by atoms with Gasteiger partial charge >= 0.3 is 0 Å². The Hall–Kier alpha value is -3.25. The van der Waals surface area contributed by atoms with E-state index in [-0.39, 0.29) is 18.6 Å². The Morgan fingerprint density at radius 3 is 2.55 bits per heavy atom. The summed E-state index contributed by atoms with van der Waals surface area (Å²) >= 11 is 1.64. The second-order valence-corrected chi connectivity index (χ2v) is 7.66. The maximum atomic E-state index is 13.0. The second-order valence-electron chi connectivity index (χ2n) is 6.68. The molecule has 1 N–H and O–H groups in total. The number of thiophene rings is 1. The fourth-order valence-electron chi connectivity index (χ4n) is 3.38. The van der Waals surface area contributed by atoms with Crippen LogP contribution >= 0.6 is 11.3 Å². The standard InChI is InChI=1S/C23H22N2O3S/c1-25(22(26)15-28-17-11-9-16(27-2)10-12-17)23(21-8-5-13-29-21)19-14-24-20-7-4-3-6-18(19)20/h3-14,23-24H,15H2,1-2H3/t23-/m1/s1. The van der Waals surface area contributed by atoms with Gasteiger partial charge in [-0.15, -0.1) is 11.3 Å². The summed E-state index contributed by atoms with van der Waals surface area (Å²) in [6.45, 7) is -0.0347. The molecular weight excluding hydrogens is 384 g/mol. The normalized spacial score (nSPS) is 11.9. The molecule has 0 bridgehead atoms. The molecule has 0 saturated carbocycles. The lowest BCUT2D eigenvalue weighted by molar-refractivity contribution is -0.133. The fraction of sp³-hybridized carbons (Fsp3) is 0.174. The van der Waals surface area contributed by atoms with Crippen molar-refractivity contribution in [2.24, 2.45) is 0 Å². The molecule has 2 aromatic carbocycles. The lowest BCUT2D eigenvalue weighted by Gasteiger charge is -2.27. The number of hydrogen-bond donors (Lipinski definition) is 1. The van der Waals surface area contributed by atoms with Gasteiger partial charge in [0.25, 0.3) is 5.91 Å². The third-order valence-electron chi connectivity index (χ3n) is 4.93. The van der Waals surface area contributed by atoms with Crippen LogP contribution in [-0.4, -0.2) is 36.6 Å². The van der Waals surface area contributed by atoms with Gasteiger partial charge in [0.15, 0.2) is 6.61 Å². The van der Waals surface area contributed by atoms with Crippen molar-refractivity contribution in [2.45, 2.75) is 6.04 Å². The summed E-state index contributed by atoms with van der Waals surface area (Å²) in [6.07, 6.45) is 1.99. The molecule has 2 aromatic heterocycles. The Morgan fingerprint density at radius 2 is 1.83 bits per heavy atom. The second kappa shape index (κ2) is 8.41. The molecule has 4 aromatic rings. The fourth-order valence-corrected chi connectivity index (χ4v) is 4.27. The molecule has 0 aliphatic carbocycles. The van der Waals surface area contributed by atoms with Crippen molar-refractivity contribution in [1.29, 1.82) is 0 Å². The average molecular weight is 407 g/mol. The van der Waals surface area contributed by atoms with Crippen LogP contribution in [0, 0.1) is 0 Å². The van der Waals surface area contributed by atoms with Gasteiger partial charge in [-0.1, -0.05) is 24.3 Å². The van der Waals surface area contributed by atoms with E-state index in [0.29, 0.717) is 5.75 Å². The number of aromatic nitrogens is 1. The van der Waals surface area contributed by atoms with Crippen LogP contribution in [0.5, 0.6) is 11.5 Å². The quantitative estimate of drug-likeness (QED) is 0.477. The number of para-hydroxylation sites is 1. The number of H-pyrrole nitrogens is 1. The molecule has 1 atom stereocenters. The van der Waals surface area contributed by atoms with E-state index in [1.165, 1.54) is 0 Å². The molecule has 6 heteroatoms. The molecule has 0 spiro atoms. The Morgan fingerprint density at radius 1 is 1.07 bits per heavy atom. The maximum absolute atomic E-state index is 13.0. The van der Waals surface area contributed by atoms with Crippen LogP contribution in [0.1, 0.15) is 16.5 Å². The molecule has 0 aliphatic heterocycles. The maximum Gasteiger partial charge on any atom is 0.261 e. The zero-order valence-electron chi connectivity index (χ0n) is 16.3. The monoisotopic (exact) mass is 406 g/mol. The molecule has 4 rings (SSSR count). The van der Waals surface area contributed by atoms with E-state index in [9.17, 15) is 4.79 Å². The van der Waals surface area contributed by atoms with Gasteiger partial charge in [0.05, 0.1) is 13.2 Å². The minimum atomic E-state index is -0.182. The summed E-state index contributed by atoms with van der Waals surface area (Å²) in [4.78, 5) is 19.2. The number of rotatable bonds is 7. The topological polar surface area (TPSA) is 54.6 Å². The van der Waals surface area contributed by atoms with E-state index >= 15 is 0 Å². The average Bonchev–Trinajstić information content (AvgIpc) is 3.43. The first-order valence-electron chi connectivity index (χ1n) is 9.29. The first kappa shape index (κ1) is 19.1. The molecule has 29 heavy (non-hydrogen) atoms. The number of fused-ring (bicyclic) bond motifs is 1. The molecule has 0 radical (unpaired) electrons. The largest absolute Gasteiger partial charge is 0.497 e. The number of aromatic amines is 1. The zero-order valence-corrected chi connectivity index (χ0v) is 17.1. The molecular formula is C23H22N2O3S. The van der Waals surface area contributed by atoms with Gasteiger partial charge in [0.2, 0.25) is 0 Å². The number of hydrogen-bond acceptors (Lipinski definition) is 4. The SMILES string of the molecule is COc1ccc(OCC(=O)N(C)[C@@H](c2cccs2)c2c[nH]c3ccccc23)cc1. The van der Waals surface area contributed by atoms with E-state index in [1.807, 2.05) is 55.0 Å². The van der Waals surface area contributed by atoms with Crippen molar-refractivity contribution in [3.05, 3.63) is 82.7 Å². The molecule has 0 aliphatic rings. The van der Waals surface area contributed by atoms with Gasteiger partial charge in [-0.05, 0) is 41.8 Å². The highest BCUT2D eigenvalue weighted by atomic mass is 32.1. The summed E-state index contributed by atoms with van der Waals surface area (Å²) in [5, 5.41) is 3.14. The van der Waals surface area contributed by atoms with E-state index in [1.54, 1.807) is 35.5 Å². The predicted octanol–water partition coefficient (Wildman–Crippen LogP) is 4.86. The number of ether oxygens (including phenoxy) is 2. The number of nitrogens with one attached hydrogen (secondary N) is 1.